The molecule has 0 spiro atoms. The smallest absolute Gasteiger partial charge is 0.341 e. The normalized spacial score (nSPS) is 12.9. The molecule has 2 amide bonds. The number of cyclic esters (lactones) is 1. The Morgan fingerprint density at radius 2 is 1.87 bits per heavy atom. The number of nitrogens with one attached hydrogen (secondary N) is 1. The van der Waals surface area contributed by atoms with Gasteiger partial charge >= 0.3 is 24.1 Å². The van der Waals surface area contributed by atoms with Crippen LogP contribution in [0.3, 0.4) is 0 Å². The minimum Gasteiger partial charge on any atom is -0.481 e. The van der Waals surface area contributed by atoms with Crippen molar-refractivity contribution in [1.82, 2.24) is 4.90 Å². The molecule has 1 aromatic rings. The van der Waals surface area contributed by atoms with Crippen LogP contribution in [0.1, 0.15) is 52.4 Å². The minimum absolute atomic E-state index is 0.00453. The summed E-state index contributed by atoms with van der Waals surface area (Å²) in [5, 5.41) is 11.3. The number of benzene rings is 1. The molecule has 0 radical (unpaired) electrons. The van der Waals surface area contributed by atoms with E-state index in [-0.39, 0.29) is 53.8 Å². The highest BCUT2D eigenvalue weighted by atomic mass is 19.3. The molecule has 0 fully saturated rings. The quantitative estimate of drug-likeness (QED) is 0.475. The van der Waals surface area contributed by atoms with Crippen LogP contribution in [0.15, 0.2) is 17.7 Å². The van der Waals surface area contributed by atoms with Crippen LogP contribution in [-0.4, -0.2) is 42.1 Å². The summed E-state index contributed by atoms with van der Waals surface area (Å²) in [4.78, 5) is 36.6. The van der Waals surface area contributed by atoms with Gasteiger partial charge in [-0.25, -0.2) is 14.0 Å². The molecule has 0 saturated heterocycles. The molecule has 2 N–H and O–H groups in total. The van der Waals surface area contributed by atoms with Crippen LogP contribution in [-0.2, 0) is 22.6 Å². The number of carboxylic acids is 1. The predicted octanol–water partition coefficient (Wildman–Crippen LogP) is 4.65. The van der Waals surface area contributed by atoms with E-state index in [4.69, 9.17) is 9.84 Å². The molecule has 0 atom stereocenters. The van der Waals surface area contributed by atoms with Crippen LogP contribution in [0.4, 0.5) is 23.7 Å². The van der Waals surface area contributed by atoms with Crippen molar-refractivity contribution in [2.45, 2.75) is 39.7 Å². The van der Waals surface area contributed by atoms with Gasteiger partial charge < -0.3 is 20.1 Å². The Morgan fingerprint density at radius 3 is 2.42 bits per heavy atom. The van der Waals surface area contributed by atoms with Gasteiger partial charge in [0.25, 0.3) is 0 Å². The maximum Gasteiger partial charge on any atom is 0.341 e. The number of esters is 1. The first-order chi connectivity index (χ1) is 14.5. The number of anilines is 1. The summed E-state index contributed by atoms with van der Waals surface area (Å²) in [5.41, 5.74) is 0.412. The van der Waals surface area contributed by atoms with Crippen molar-refractivity contribution in [2.75, 3.05) is 19.4 Å². The average Bonchev–Trinajstić information content (AvgIpc) is 3.08. The Hall–Kier alpha value is -3.30. The summed E-state index contributed by atoms with van der Waals surface area (Å²) in [6, 6.07) is -0.644. The number of urea groups is 1. The fourth-order valence-electron chi connectivity index (χ4n) is 3.24. The molecule has 10 heteroatoms. The van der Waals surface area contributed by atoms with Crippen molar-refractivity contribution in [2.24, 2.45) is 0 Å². The number of carbonyl (C=O) groups is 3. The molecule has 1 aliphatic heterocycles. The molecule has 0 saturated carbocycles. The summed E-state index contributed by atoms with van der Waals surface area (Å²) >= 11 is 0. The SMILES string of the molecule is CC(=CCc1c(NC(=O)N(C)C)c2c(c(C)c1C(F)=C(F)F)COC2=O)CCC(=O)O. The first-order valence-electron chi connectivity index (χ1n) is 9.37. The Kier molecular flexibility index (Phi) is 7.48. The molecule has 0 unspecified atom stereocenters. The van der Waals surface area contributed by atoms with E-state index in [9.17, 15) is 27.6 Å². The topological polar surface area (TPSA) is 95.9 Å². The molecule has 168 valence electrons. The van der Waals surface area contributed by atoms with Gasteiger partial charge in [-0.1, -0.05) is 11.6 Å². The number of hydrogen-bond donors (Lipinski definition) is 2. The van der Waals surface area contributed by atoms with Gasteiger partial charge in [-0.2, -0.15) is 8.78 Å². The monoisotopic (exact) mass is 440 g/mol. The van der Waals surface area contributed by atoms with Crippen molar-refractivity contribution in [1.29, 1.82) is 0 Å². The number of aliphatic carboxylic acids is 1. The average molecular weight is 440 g/mol. The lowest BCUT2D eigenvalue weighted by atomic mass is 9.88. The van der Waals surface area contributed by atoms with E-state index in [0.29, 0.717) is 5.57 Å². The van der Waals surface area contributed by atoms with E-state index >= 15 is 0 Å². The maximum absolute atomic E-state index is 14.6. The second-order valence-electron chi connectivity index (χ2n) is 7.33. The molecule has 7 nitrogen and oxygen atoms in total. The van der Waals surface area contributed by atoms with Crippen LogP contribution in [0.5, 0.6) is 0 Å². The Bertz CT molecular complexity index is 995. The lowest BCUT2D eigenvalue weighted by Crippen LogP contribution is -2.29. The highest BCUT2D eigenvalue weighted by Gasteiger charge is 2.34. The van der Waals surface area contributed by atoms with E-state index in [1.165, 1.54) is 25.9 Å². The van der Waals surface area contributed by atoms with Crippen LogP contribution in [0, 0.1) is 6.92 Å². The summed E-state index contributed by atoms with van der Waals surface area (Å²) in [7, 11) is 2.89. The summed E-state index contributed by atoms with van der Waals surface area (Å²) in [6.07, 6.45) is -1.03. The number of halogens is 3. The third kappa shape index (κ3) is 5.25. The second-order valence-corrected chi connectivity index (χ2v) is 7.33. The maximum atomic E-state index is 14.6. The van der Waals surface area contributed by atoms with Crippen LogP contribution >= 0.6 is 0 Å². The number of carbonyl (C=O) groups excluding carboxylic acids is 2. The van der Waals surface area contributed by atoms with Crippen LogP contribution < -0.4 is 5.32 Å². The van der Waals surface area contributed by atoms with E-state index in [1.807, 2.05) is 0 Å². The summed E-state index contributed by atoms with van der Waals surface area (Å²) in [6.45, 7) is 2.82. The van der Waals surface area contributed by atoms with Crippen molar-refractivity contribution < 1.29 is 37.4 Å². The zero-order valence-electron chi connectivity index (χ0n) is 17.6. The highest BCUT2D eigenvalue weighted by Crippen LogP contribution is 2.41. The third-order valence-corrected chi connectivity index (χ3v) is 4.95. The number of hydrogen-bond acceptors (Lipinski definition) is 4. The minimum atomic E-state index is -2.54. The van der Waals surface area contributed by atoms with Gasteiger partial charge in [-0.3, -0.25) is 4.79 Å². The van der Waals surface area contributed by atoms with E-state index in [2.05, 4.69) is 5.32 Å². The molecule has 0 aliphatic carbocycles. The zero-order chi connectivity index (χ0) is 23.5. The van der Waals surface area contributed by atoms with Crippen LogP contribution in [0.2, 0.25) is 0 Å². The lowest BCUT2D eigenvalue weighted by Gasteiger charge is -2.21. The fourth-order valence-corrected chi connectivity index (χ4v) is 3.24. The molecule has 0 aromatic heterocycles. The molecule has 1 heterocycles. The molecular formula is C21H23F3N2O5. The highest BCUT2D eigenvalue weighted by molar-refractivity contribution is 6.06. The third-order valence-electron chi connectivity index (χ3n) is 4.95. The summed E-state index contributed by atoms with van der Waals surface area (Å²) in [5.74, 6) is -3.51. The van der Waals surface area contributed by atoms with Crippen molar-refractivity contribution in [3.8, 4) is 0 Å². The molecule has 2 rings (SSSR count). The first-order valence-corrected chi connectivity index (χ1v) is 9.37. The number of carboxylic acid groups (broad SMARTS) is 1. The van der Waals surface area contributed by atoms with E-state index in [1.54, 1.807) is 13.0 Å². The number of ether oxygens (including phenoxy) is 1. The largest absolute Gasteiger partial charge is 0.481 e. The summed E-state index contributed by atoms with van der Waals surface area (Å²) < 4.78 is 46.1. The van der Waals surface area contributed by atoms with E-state index in [0.717, 1.165) is 0 Å². The van der Waals surface area contributed by atoms with Gasteiger partial charge in [0.05, 0.1) is 11.3 Å². The Labute approximate surface area is 177 Å². The van der Waals surface area contributed by atoms with E-state index < -0.39 is 35.4 Å². The molecule has 31 heavy (non-hydrogen) atoms. The van der Waals surface area contributed by atoms with Crippen LogP contribution in [0.25, 0.3) is 5.83 Å². The predicted molar refractivity (Wildman–Crippen MR) is 108 cm³/mol. The number of amides is 2. The first kappa shape index (κ1) is 24.0. The Morgan fingerprint density at radius 1 is 1.23 bits per heavy atom. The van der Waals surface area contributed by atoms with Gasteiger partial charge in [-0.05, 0) is 37.8 Å². The molecule has 1 aliphatic rings. The molecular weight excluding hydrogens is 417 g/mol. The number of fused-ring (bicyclic) bond motifs is 1. The standard InChI is InChI=1S/C21H23F3N2O5/c1-10(6-8-14(27)28)5-7-12-15(17(22)19(23)24)11(2)13-9-31-20(29)16(13)18(12)25-21(30)26(3)4/h5H,6-9H2,1-4H3,(H,25,30)(H,27,28). The number of rotatable bonds is 7. The Balaban J connectivity index is 2.74. The molecule has 1 aromatic carbocycles. The number of allylic oxidation sites excluding steroid dienone is 2. The lowest BCUT2D eigenvalue weighted by molar-refractivity contribution is -0.136. The van der Waals surface area contributed by atoms with Gasteiger partial charge in [0.1, 0.15) is 6.61 Å². The second kappa shape index (κ2) is 9.67. The fraction of sp³-hybridized carbons (Fsp3) is 0.381. The van der Waals surface area contributed by atoms with Gasteiger partial charge in [0.2, 0.25) is 0 Å². The van der Waals surface area contributed by atoms with Crippen molar-refractivity contribution in [3.63, 3.8) is 0 Å². The van der Waals surface area contributed by atoms with Crippen molar-refractivity contribution in [3.05, 3.63) is 45.5 Å². The van der Waals surface area contributed by atoms with Crippen molar-refractivity contribution >= 4 is 29.5 Å². The number of nitrogens with zero attached hydrogens (tertiary/aromatic N) is 1. The van der Waals surface area contributed by atoms with Gasteiger partial charge in [0.15, 0.2) is 5.83 Å². The van der Waals surface area contributed by atoms with Gasteiger partial charge in [-0.15, -0.1) is 0 Å². The van der Waals surface area contributed by atoms with Gasteiger partial charge in [0, 0.05) is 31.6 Å². The molecule has 0 bridgehead atoms. The zero-order valence-corrected chi connectivity index (χ0v) is 17.6.